The second-order valence-electron chi connectivity index (χ2n) is 4.35. The third-order valence-electron chi connectivity index (χ3n) is 2.97. The first-order valence-corrected chi connectivity index (χ1v) is 5.93. The van der Waals surface area contributed by atoms with Crippen LogP contribution in [0.3, 0.4) is 0 Å². The van der Waals surface area contributed by atoms with Crippen molar-refractivity contribution in [3.63, 3.8) is 0 Å². The van der Waals surface area contributed by atoms with Crippen LogP contribution in [0.15, 0.2) is 30.5 Å². The van der Waals surface area contributed by atoms with Crippen molar-refractivity contribution in [2.45, 2.75) is 12.5 Å². The van der Waals surface area contributed by atoms with E-state index in [0.29, 0.717) is 5.56 Å². The van der Waals surface area contributed by atoms with Crippen molar-refractivity contribution in [2.75, 3.05) is 14.2 Å². The number of rotatable bonds is 4. The molecule has 1 aromatic heterocycles. The van der Waals surface area contributed by atoms with Gasteiger partial charge in [0.2, 0.25) is 11.8 Å². The van der Waals surface area contributed by atoms with Crippen LogP contribution in [0.5, 0.6) is 11.8 Å². The molecule has 20 heavy (non-hydrogen) atoms. The Morgan fingerprint density at radius 1 is 1.25 bits per heavy atom. The minimum atomic E-state index is -1.54. The first kappa shape index (κ1) is 14.2. The quantitative estimate of drug-likeness (QED) is 0.925. The van der Waals surface area contributed by atoms with E-state index < -0.39 is 11.4 Å². The fraction of sp³-hybridized carbons (Fsp3) is 0.286. The van der Waals surface area contributed by atoms with Gasteiger partial charge in [-0.25, -0.2) is 9.37 Å². The molecule has 0 saturated carbocycles. The molecular weight excluding hydrogens is 263 g/mol. The fourth-order valence-electron chi connectivity index (χ4n) is 1.86. The van der Waals surface area contributed by atoms with E-state index >= 15 is 0 Å². The molecular formula is C14H15FN2O3. The summed E-state index contributed by atoms with van der Waals surface area (Å²) in [5, 5.41) is 10.7. The van der Waals surface area contributed by atoms with Crippen molar-refractivity contribution in [1.82, 2.24) is 9.97 Å². The number of methoxy groups -OCH3 is 2. The Hall–Kier alpha value is -2.21. The van der Waals surface area contributed by atoms with Gasteiger partial charge in [0.05, 0.1) is 20.4 Å². The molecule has 0 fully saturated rings. The van der Waals surface area contributed by atoms with E-state index in [2.05, 4.69) is 9.97 Å². The summed E-state index contributed by atoms with van der Waals surface area (Å²) < 4.78 is 23.4. The molecule has 2 rings (SSSR count). The zero-order valence-electron chi connectivity index (χ0n) is 11.4. The highest BCUT2D eigenvalue weighted by Crippen LogP contribution is 2.33. The molecule has 106 valence electrons. The van der Waals surface area contributed by atoms with E-state index in [9.17, 15) is 9.50 Å². The molecule has 1 atom stereocenters. The van der Waals surface area contributed by atoms with Gasteiger partial charge in [-0.2, -0.15) is 4.98 Å². The summed E-state index contributed by atoms with van der Waals surface area (Å²) in [6, 6.07) is 5.67. The lowest BCUT2D eigenvalue weighted by Gasteiger charge is -2.24. The van der Waals surface area contributed by atoms with Gasteiger partial charge in [0.25, 0.3) is 0 Å². The van der Waals surface area contributed by atoms with Gasteiger partial charge < -0.3 is 14.6 Å². The molecule has 0 radical (unpaired) electrons. The maximum atomic E-state index is 13.3. The first-order chi connectivity index (χ1) is 9.48. The lowest BCUT2D eigenvalue weighted by Crippen LogP contribution is -2.25. The Morgan fingerprint density at radius 2 is 2.00 bits per heavy atom. The maximum absolute atomic E-state index is 13.3. The summed E-state index contributed by atoms with van der Waals surface area (Å²) >= 11 is 0. The van der Waals surface area contributed by atoms with E-state index in [1.807, 2.05) is 0 Å². The molecule has 5 nitrogen and oxygen atoms in total. The molecule has 2 aromatic rings. The van der Waals surface area contributed by atoms with Gasteiger partial charge in [-0.05, 0) is 24.6 Å². The van der Waals surface area contributed by atoms with Gasteiger partial charge in [-0.1, -0.05) is 12.1 Å². The summed E-state index contributed by atoms with van der Waals surface area (Å²) in [4.78, 5) is 8.18. The lowest BCUT2D eigenvalue weighted by atomic mass is 9.92. The fourth-order valence-corrected chi connectivity index (χ4v) is 1.86. The van der Waals surface area contributed by atoms with Crippen molar-refractivity contribution in [1.29, 1.82) is 0 Å². The Bertz CT molecular complexity index is 617. The van der Waals surface area contributed by atoms with E-state index in [4.69, 9.17) is 9.47 Å². The standard InChI is InChI=1S/C14H15FN2O3/c1-14(18,9-5-4-6-10(15)7-9)12-13(20-3)17-11(19-2)8-16-12/h4-8,18H,1-3H3. The largest absolute Gasteiger partial charge is 0.480 e. The zero-order chi connectivity index (χ0) is 14.8. The summed E-state index contributed by atoms with van der Waals surface area (Å²) in [5.74, 6) is -0.0533. The van der Waals surface area contributed by atoms with Crippen LogP contribution in [0.25, 0.3) is 0 Å². The molecule has 0 aliphatic heterocycles. The molecule has 0 saturated heterocycles. The van der Waals surface area contributed by atoms with Crippen molar-refractivity contribution in [3.05, 3.63) is 47.5 Å². The van der Waals surface area contributed by atoms with Gasteiger partial charge >= 0.3 is 0 Å². The number of aliphatic hydroxyl groups is 1. The van der Waals surface area contributed by atoms with Crippen LogP contribution in [-0.2, 0) is 5.60 Å². The predicted octanol–water partition coefficient (Wildman–Crippen LogP) is 1.89. The molecule has 6 heteroatoms. The minimum absolute atomic E-state index is 0.124. The molecule has 0 amide bonds. The molecule has 0 aliphatic rings. The number of nitrogens with zero attached hydrogens (tertiary/aromatic N) is 2. The second-order valence-corrected chi connectivity index (χ2v) is 4.35. The van der Waals surface area contributed by atoms with Crippen LogP contribution in [0, 0.1) is 5.82 Å². The van der Waals surface area contributed by atoms with E-state index in [-0.39, 0.29) is 17.5 Å². The van der Waals surface area contributed by atoms with Crippen LogP contribution >= 0.6 is 0 Å². The number of hydrogen-bond acceptors (Lipinski definition) is 5. The average Bonchev–Trinajstić information content (AvgIpc) is 2.46. The molecule has 0 aliphatic carbocycles. The summed E-state index contributed by atoms with van der Waals surface area (Å²) in [7, 11) is 2.86. The number of ether oxygens (including phenoxy) is 2. The summed E-state index contributed by atoms with van der Waals surface area (Å²) in [6.07, 6.45) is 1.37. The highest BCUT2D eigenvalue weighted by molar-refractivity contribution is 5.37. The molecule has 1 aromatic carbocycles. The van der Waals surface area contributed by atoms with Crippen LogP contribution in [0.2, 0.25) is 0 Å². The van der Waals surface area contributed by atoms with E-state index in [1.165, 1.54) is 45.5 Å². The Kier molecular flexibility index (Phi) is 3.85. The Labute approximate surface area is 116 Å². The molecule has 1 heterocycles. The predicted molar refractivity (Wildman–Crippen MR) is 70.2 cm³/mol. The SMILES string of the molecule is COc1cnc(C(C)(O)c2cccc(F)c2)c(OC)n1. The molecule has 1 N–H and O–H groups in total. The highest BCUT2D eigenvalue weighted by Gasteiger charge is 2.32. The number of hydrogen-bond donors (Lipinski definition) is 1. The van der Waals surface area contributed by atoms with Crippen molar-refractivity contribution < 1.29 is 19.0 Å². The Morgan fingerprint density at radius 3 is 2.60 bits per heavy atom. The van der Waals surface area contributed by atoms with Gasteiger partial charge in [0.15, 0.2) is 0 Å². The van der Waals surface area contributed by atoms with Crippen molar-refractivity contribution in [2.24, 2.45) is 0 Å². The average molecular weight is 278 g/mol. The molecule has 0 bridgehead atoms. The number of halogens is 1. The summed E-state index contributed by atoms with van der Waals surface area (Å²) in [6.45, 7) is 1.50. The van der Waals surface area contributed by atoms with Crippen LogP contribution in [0.4, 0.5) is 4.39 Å². The van der Waals surface area contributed by atoms with E-state index in [0.717, 1.165) is 0 Å². The third kappa shape index (κ3) is 2.55. The van der Waals surface area contributed by atoms with Gasteiger partial charge in [-0.15, -0.1) is 0 Å². The normalized spacial score (nSPS) is 13.7. The van der Waals surface area contributed by atoms with Crippen molar-refractivity contribution >= 4 is 0 Å². The first-order valence-electron chi connectivity index (χ1n) is 5.93. The molecule has 1 unspecified atom stereocenters. The number of benzene rings is 1. The van der Waals surface area contributed by atoms with Crippen LogP contribution in [-0.4, -0.2) is 29.3 Å². The topological polar surface area (TPSA) is 64.5 Å². The third-order valence-corrected chi connectivity index (χ3v) is 2.97. The lowest BCUT2D eigenvalue weighted by molar-refractivity contribution is 0.0923. The van der Waals surface area contributed by atoms with Gasteiger partial charge in [0.1, 0.15) is 17.1 Å². The van der Waals surface area contributed by atoms with Crippen molar-refractivity contribution in [3.8, 4) is 11.8 Å². The zero-order valence-corrected chi connectivity index (χ0v) is 11.4. The minimum Gasteiger partial charge on any atom is -0.480 e. The smallest absolute Gasteiger partial charge is 0.242 e. The van der Waals surface area contributed by atoms with Crippen LogP contribution in [0.1, 0.15) is 18.2 Å². The highest BCUT2D eigenvalue weighted by atomic mass is 19.1. The Balaban J connectivity index is 2.53. The summed E-state index contributed by atoms with van der Waals surface area (Å²) in [5.41, 5.74) is -0.992. The monoisotopic (exact) mass is 278 g/mol. The maximum Gasteiger partial charge on any atom is 0.242 e. The van der Waals surface area contributed by atoms with Gasteiger partial charge in [0, 0.05) is 0 Å². The van der Waals surface area contributed by atoms with Crippen LogP contribution < -0.4 is 9.47 Å². The van der Waals surface area contributed by atoms with Gasteiger partial charge in [-0.3, -0.25) is 0 Å². The molecule has 0 spiro atoms. The number of aromatic nitrogens is 2. The second kappa shape index (κ2) is 5.42. The van der Waals surface area contributed by atoms with E-state index in [1.54, 1.807) is 6.07 Å².